The van der Waals surface area contributed by atoms with Crippen molar-refractivity contribution in [2.75, 3.05) is 4.90 Å². The normalized spacial score (nSPS) is 13.5. The molecule has 0 aliphatic carbocycles. The fourth-order valence-electron chi connectivity index (χ4n) is 2.37. The maximum absolute atomic E-state index is 13.5. The van der Waals surface area contributed by atoms with Gasteiger partial charge in [0, 0.05) is 11.1 Å². The lowest BCUT2D eigenvalue weighted by Gasteiger charge is -2.18. The predicted octanol–water partition coefficient (Wildman–Crippen LogP) is 3.16. The molecule has 1 N–H and O–H groups in total. The number of amides is 1. The SMILES string of the molecule is C=C1c2ccccc2C(=O)N1c1ccc(F)c(C(=O)O)c1. The van der Waals surface area contributed by atoms with Crippen LogP contribution in [0.2, 0.25) is 0 Å². The summed E-state index contributed by atoms with van der Waals surface area (Å²) in [5.41, 5.74) is 1.41. The molecule has 3 rings (SSSR count). The van der Waals surface area contributed by atoms with Gasteiger partial charge in [-0.05, 0) is 24.3 Å². The fourth-order valence-corrected chi connectivity index (χ4v) is 2.37. The Kier molecular flexibility index (Phi) is 2.83. The Balaban J connectivity index is 2.11. The maximum atomic E-state index is 13.5. The number of anilines is 1. The molecule has 0 saturated heterocycles. The molecule has 0 atom stereocenters. The van der Waals surface area contributed by atoms with E-state index >= 15 is 0 Å². The molecule has 1 aliphatic rings. The van der Waals surface area contributed by atoms with Gasteiger partial charge < -0.3 is 5.11 Å². The molecule has 0 spiro atoms. The summed E-state index contributed by atoms with van der Waals surface area (Å²) in [6.45, 7) is 3.86. The van der Waals surface area contributed by atoms with Gasteiger partial charge in [0.2, 0.25) is 0 Å². The molecule has 2 aromatic rings. The van der Waals surface area contributed by atoms with Crippen molar-refractivity contribution in [1.29, 1.82) is 0 Å². The van der Waals surface area contributed by atoms with E-state index in [9.17, 15) is 14.0 Å². The number of fused-ring (bicyclic) bond motifs is 1. The van der Waals surface area contributed by atoms with Crippen LogP contribution in [0.15, 0.2) is 49.0 Å². The number of aromatic carboxylic acids is 1. The van der Waals surface area contributed by atoms with Gasteiger partial charge in [-0.2, -0.15) is 0 Å². The van der Waals surface area contributed by atoms with Crippen LogP contribution >= 0.6 is 0 Å². The summed E-state index contributed by atoms with van der Waals surface area (Å²) in [5.74, 6) is -2.54. The molecule has 5 heteroatoms. The van der Waals surface area contributed by atoms with Crippen molar-refractivity contribution in [3.63, 3.8) is 0 Å². The second kappa shape index (κ2) is 4.56. The number of carbonyl (C=O) groups excluding carboxylic acids is 1. The van der Waals surface area contributed by atoms with Gasteiger partial charge in [-0.1, -0.05) is 24.8 Å². The lowest BCUT2D eigenvalue weighted by molar-refractivity contribution is 0.0691. The van der Waals surface area contributed by atoms with E-state index in [1.807, 2.05) is 0 Å². The highest BCUT2D eigenvalue weighted by Crippen LogP contribution is 2.36. The minimum Gasteiger partial charge on any atom is -0.478 e. The number of carboxylic acids is 1. The van der Waals surface area contributed by atoms with E-state index < -0.39 is 17.3 Å². The summed E-state index contributed by atoms with van der Waals surface area (Å²) in [7, 11) is 0. The van der Waals surface area contributed by atoms with Gasteiger partial charge in [0.05, 0.1) is 16.9 Å². The number of rotatable bonds is 2. The van der Waals surface area contributed by atoms with Gasteiger partial charge in [0.25, 0.3) is 5.91 Å². The summed E-state index contributed by atoms with van der Waals surface area (Å²) in [4.78, 5) is 24.7. The minimum absolute atomic E-state index is 0.278. The second-order valence-corrected chi connectivity index (χ2v) is 4.60. The van der Waals surface area contributed by atoms with Gasteiger partial charge >= 0.3 is 5.97 Å². The first-order chi connectivity index (χ1) is 10.0. The van der Waals surface area contributed by atoms with Crippen LogP contribution < -0.4 is 4.90 Å². The van der Waals surface area contributed by atoms with Crippen LogP contribution in [0, 0.1) is 5.82 Å². The molecular weight excluding hydrogens is 273 g/mol. The Morgan fingerprint density at radius 1 is 1.14 bits per heavy atom. The van der Waals surface area contributed by atoms with Crippen molar-refractivity contribution < 1.29 is 19.1 Å². The Morgan fingerprint density at radius 2 is 1.81 bits per heavy atom. The third-order valence-corrected chi connectivity index (χ3v) is 3.38. The van der Waals surface area contributed by atoms with Crippen molar-refractivity contribution in [2.24, 2.45) is 0 Å². The number of halogens is 1. The molecule has 0 radical (unpaired) electrons. The first-order valence-corrected chi connectivity index (χ1v) is 6.16. The minimum atomic E-state index is -1.39. The third-order valence-electron chi connectivity index (χ3n) is 3.38. The number of nitrogens with zero attached hydrogens (tertiary/aromatic N) is 1. The molecule has 0 fully saturated rings. The number of hydrogen-bond acceptors (Lipinski definition) is 2. The Morgan fingerprint density at radius 3 is 2.43 bits per heavy atom. The monoisotopic (exact) mass is 283 g/mol. The zero-order valence-electron chi connectivity index (χ0n) is 10.8. The molecule has 0 aromatic heterocycles. The van der Waals surface area contributed by atoms with Gasteiger partial charge in [-0.25, -0.2) is 9.18 Å². The molecule has 1 heterocycles. The molecule has 21 heavy (non-hydrogen) atoms. The first kappa shape index (κ1) is 13.1. The maximum Gasteiger partial charge on any atom is 0.338 e. The molecule has 1 aliphatic heterocycles. The van der Waals surface area contributed by atoms with Crippen molar-refractivity contribution in [3.05, 3.63) is 71.6 Å². The topological polar surface area (TPSA) is 57.6 Å². The fraction of sp³-hybridized carbons (Fsp3) is 0. The van der Waals surface area contributed by atoms with E-state index in [-0.39, 0.29) is 11.6 Å². The zero-order chi connectivity index (χ0) is 15.1. The zero-order valence-corrected chi connectivity index (χ0v) is 10.8. The summed E-state index contributed by atoms with van der Waals surface area (Å²) in [6, 6.07) is 10.5. The largest absolute Gasteiger partial charge is 0.478 e. The lowest BCUT2D eigenvalue weighted by Crippen LogP contribution is -2.22. The van der Waals surface area contributed by atoms with Gasteiger partial charge in [0.1, 0.15) is 5.82 Å². The van der Waals surface area contributed by atoms with Crippen LogP contribution in [0.25, 0.3) is 5.70 Å². The summed E-state index contributed by atoms with van der Waals surface area (Å²) < 4.78 is 13.5. The van der Waals surface area contributed by atoms with E-state index in [1.54, 1.807) is 24.3 Å². The standard InChI is InChI=1S/C16H10FNO3/c1-9-11-4-2-3-5-12(11)15(19)18(9)10-6-7-14(17)13(8-10)16(20)21/h2-8H,1H2,(H,20,21). The molecular formula is C16H10FNO3. The van der Waals surface area contributed by atoms with Gasteiger partial charge in [-0.3, -0.25) is 9.69 Å². The molecule has 2 aromatic carbocycles. The molecule has 0 bridgehead atoms. The van der Waals surface area contributed by atoms with Crippen LogP contribution in [-0.4, -0.2) is 17.0 Å². The predicted molar refractivity (Wildman–Crippen MR) is 75.6 cm³/mol. The summed E-state index contributed by atoms with van der Waals surface area (Å²) >= 11 is 0. The van der Waals surface area contributed by atoms with E-state index in [0.717, 1.165) is 12.1 Å². The molecule has 0 unspecified atom stereocenters. The van der Waals surface area contributed by atoms with Crippen LogP contribution in [0.1, 0.15) is 26.3 Å². The average Bonchev–Trinajstić information content (AvgIpc) is 2.72. The van der Waals surface area contributed by atoms with E-state index in [0.29, 0.717) is 16.8 Å². The van der Waals surface area contributed by atoms with Crippen LogP contribution in [0.5, 0.6) is 0 Å². The Labute approximate surface area is 119 Å². The van der Waals surface area contributed by atoms with E-state index in [4.69, 9.17) is 5.11 Å². The van der Waals surface area contributed by atoms with Crippen molar-refractivity contribution >= 4 is 23.3 Å². The first-order valence-electron chi connectivity index (χ1n) is 6.16. The number of benzene rings is 2. The third kappa shape index (κ3) is 1.90. The van der Waals surface area contributed by atoms with Crippen molar-refractivity contribution in [1.82, 2.24) is 0 Å². The summed E-state index contributed by atoms with van der Waals surface area (Å²) in [6.07, 6.45) is 0. The van der Waals surface area contributed by atoms with E-state index in [2.05, 4.69) is 6.58 Å². The molecule has 0 saturated carbocycles. The van der Waals surface area contributed by atoms with Crippen LogP contribution in [0.4, 0.5) is 10.1 Å². The number of carbonyl (C=O) groups is 2. The number of carboxylic acid groups (broad SMARTS) is 1. The van der Waals surface area contributed by atoms with Crippen LogP contribution in [-0.2, 0) is 0 Å². The van der Waals surface area contributed by atoms with Crippen molar-refractivity contribution in [2.45, 2.75) is 0 Å². The Hall–Kier alpha value is -2.95. The highest BCUT2D eigenvalue weighted by Gasteiger charge is 2.32. The molecule has 1 amide bonds. The van der Waals surface area contributed by atoms with Crippen molar-refractivity contribution in [3.8, 4) is 0 Å². The smallest absolute Gasteiger partial charge is 0.338 e. The van der Waals surface area contributed by atoms with Gasteiger partial charge in [-0.15, -0.1) is 0 Å². The Bertz CT molecular complexity index is 763. The van der Waals surface area contributed by atoms with Gasteiger partial charge in [0.15, 0.2) is 0 Å². The highest BCUT2D eigenvalue weighted by molar-refractivity contribution is 6.22. The average molecular weight is 283 g/mol. The second-order valence-electron chi connectivity index (χ2n) is 4.60. The highest BCUT2D eigenvalue weighted by atomic mass is 19.1. The van der Waals surface area contributed by atoms with Crippen LogP contribution in [0.3, 0.4) is 0 Å². The summed E-state index contributed by atoms with van der Waals surface area (Å²) in [5, 5.41) is 8.97. The lowest BCUT2D eigenvalue weighted by atomic mass is 10.1. The molecule has 104 valence electrons. The molecule has 4 nitrogen and oxygen atoms in total. The number of hydrogen-bond donors (Lipinski definition) is 1. The van der Waals surface area contributed by atoms with E-state index in [1.165, 1.54) is 11.0 Å². The quantitative estimate of drug-likeness (QED) is 0.921.